The molecule has 1 aliphatic carbocycles. The number of hydrogen-bond acceptors (Lipinski definition) is 2. The third kappa shape index (κ3) is 3.19. The van der Waals surface area contributed by atoms with Crippen molar-refractivity contribution >= 4 is 27.7 Å². The Morgan fingerprint density at radius 3 is 2.59 bits per heavy atom. The van der Waals surface area contributed by atoms with E-state index >= 15 is 0 Å². The highest BCUT2D eigenvalue weighted by Crippen LogP contribution is 2.29. The van der Waals surface area contributed by atoms with Crippen molar-refractivity contribution in [1.29, 1.82) is 0 Å². The molecular weight excluding hydrogens is 334 g/mol. The second kappa shape index (κ2) is 6.54. The summed E-state index contributed by atoms with van der Waals surface area (Å²) in [7, 11) is 0. The molecule has 4 aromatic rings. The highest BCUT2D eigenvalue weighted by molar-refractivity contribution is 6.10. The van der Waals surface area contributed by atoms with Gasteiger partial charge in [-0.3, -0.25) is 4.79 Å². The number of aromatic amines is 1. The molecule has 2 N–H and O–H groups in total. The highest BCUT2D eigenvalue weighted by Gasteiger charge is 2.25. The summed E-state index contributed by atoms with van der Waals surface area (Å²) in [4.78, 5) is 20.9. The molecule has 0 aliphatic heterocycles. The third-order valence-electron chi connectivity index (χ3n) is 5.21. The lowest BCUT2D eigenvalue weighted by molar-refractivity contribution is 0.0946. The molecule has 2 aromatic carbocycles. The van der Waals surface area contributed by atoms with Crippen LogP contribution in [0, 0.1) is 0 Å². The quantitative estimate of drug-likeness (QED) is 0.558. The SMILES string of the molecule is O=C(NC1CC1)c1cc2c([nH]c3ccccc32)c(CCc2ccccc2)n1. The van der Waals surface area contributed by atoms with E-state index in [1.807, 2.05) is 24.3 Å². The van der Waals surface area contributed by atoms with E-state index in [2.05, 4.69) is 46.7 Å². The first-order valence-corrected chi connectivity index (χ1v) is 9.53. The number of pyridine rings is 1. The van der Waals surface area contributed by atoms with Crippen molar-refractivity contribution in [2.45, 2.75) is 31.7 Å². The minimum absolute atomic E-state index is 0.0642. The van der Waals surface area contributed by atoms with Crippen LogP contribution in [0.1, 0.15) is 34.6 Å². The Bertz CT molecular complexity index is 1130. The molecule has 27 heavy (non-hydrogen) atoms. The molecule has 0 unspecified atom stereocenters. The van der Waals surface area contributed by atoms with Gasteiger partial charge in [-0.05, 0) is 43.4 Å². The monoisotopic (exact) mass is 355 g/mol. The van der Waals surface area contributed by atoms with Gasteiger partial charge in [0, 0.05) is 22.3 Å². The molecule has 2 heterocycles. The number of aryl methyl sites for hydroxylation is 2. The molecule has 0 saturated heterocycles. The Kier molecular flexibility index (Phi) is 3.89. The largest absolute Gasteiger partial charge is 0.353 e. The van der Waals surface area contributed by atoms with E-state index in [0.29, 0.717) is 11.7 Å². The first-order chi connectivity index (χ1) is 13.3. The summed E-state index contributed by atoms with van der Waals surface area (Å²) in [6, 6.07) is 20.9. The van der Waals surface area contributed by atoms with Gasteiger partial charge < -0.3 is 10.3 Å². The Morgan fingerprint density at radius 2 is 1.78 bits per heavy atom. The second-order valence-electron chi connectivity index (χ2n) is 7.28. The van der Waals surface area contributed by atoms with E-state index < -0.39 is 0 Å². The van der Waals surface area contributed by atoms with Crippen LogP contribution in [0.15, 0.2) is 60.7 Å². The first kappa shape index (κ1) is 16.1. The maximum atomic E-state index is 12.6. The zero-order valence-electron chi connectivity index (χ0n) is 15.0. The lowest BCUT2D eigenvalue weighted by Crippen LogP contribution is -2.26. The number of nitrogens with one attached hydrogen (secondary N) is 2. The smallest absolute Gasteiger partial charge is 0.270 e. The van der Waals surface area contributed by atoms with Crippen molar-refractivity contribution < 1.29 is 4.79 Å². The van der Waals surface area contributed by atoms with E-state index in [-0.39, 0.29) is 5.91 Å². The van der Waals surface area contributed by atoms with Crippen LogP contribution in [0.3, 0.4) is 0 Å². The van der Waals surface area contributed by atoms with E-state index in [1.165, 1.54) is 5.56 Å². The average molecular weight is 355 g/mol. The van der Waals surface area contributed by atoms with Crippen molar-refractivity contribution in [2.24, 2.45) is 0 Å². The Hall–Kier alpha value is -3.14. The fourth-order valence-electron chi connectivity index (χ4n) is 3.60. The first-order valence-electron chi connectivity index (χ1n) is 9.53. The predicted octanol–water partition coefficient (Wildman–Crippen LogP) is 4.39. The molecule has 1 amide bonds. The molecule has 0 atom stereocenters. The minimum atomic E-state index is -0.0642. The Labute approximate surface area is 157 Å². The molecule has 0 bridgehead atoms. The summed E-state index contributed by atoms with van der Waals surface area (Å²) in [5.74, 6) is -0.0642. The van der Waals surface area contributed by atoms with Gasteiger partial charge in [-0.1, -0.05) is 48.5 Å². The number of rotatable bonds is 5. The maximum absolute atomic E-state index is 12.6. The topological polar surface area (TPSA) is 57.8 Å². The molecular formula is C23H21N3O. The number of para-hydroxylation sites is 1. The van der Waals surface area contributed by atoms with Gasteiger partial charge in [-0.2, -0.15) is 0 Å². The van der Waals surface area contributed by atoms with Gasteiger partial charge in [0.05, 0.1) is 11.2 Å². The Morgan fingerprint density at radius 1 is 1.00 bits per heavy atom. The van der Waals surface area contributed by atoms with E-state index in [9.17, 15) is 4.79 Å². The third-order valence-corrected chi connectivity index (χ3v) is 5.21. The van der Waals surface area contributed by atoms with Crippen molar-refractivity contribution in [3.63, 3.8) is 0 Å². The van der Waals surface area contributed by atoms with Crippen molar-refractivity contribution in [3.8, 4) is 0 Å². The van der Waals surface area contributed by atoms with Crippen LogP contribution in [0.25, 0.3) is 21.8 Å². The van der Waals surface area contributed by atoms with Gasteiger partial charge in [0.1, 0.15) is 5.69 Å². The number of benzene rings is 2. The second-order valence-corrected chi connectivity index (χ2v) is 7.28. The molecule has 0 spiro atoms. The van der Waals surface area contributed by atoms with Crippen molar-refractivity contribution in [3.05, 3.63) is 77.6 Å². The van der Waals surface area contributed by atoms with Crippen LogP contribution in [0.5, 0.6) is 0 Å². The molecule has 1 saturated carbocycles. The number of H-pyrrole nitrogens is 1. The molecule has 4 nitrogen and oxygen atoms in total. The summed E-state index contributed by atoms with van der Waals surface area (Å²) >= 11 is 0. The molecule has 2 aromatic heterocycles. The normalized spacial score (nSPS) is 13.9. The van der Waals surface area contributed by atoms with Crippen molar-refractivity contribution in [1.82, 2.24) is 15.3 Å². The molecule has 1 fully saturated rings. The number of hydrogen-bond donors (Lipinski definition) is 2. The predicted molar refractivity (Wildman–Crippen MR) is 108 cm³/mol. The Balaban J connectivity index is 1.58. The van der Waals surface area contributed by atoms with Crippen LogP contribution in [-0.4, -0.2) is 21.9 Å². The fourth-order valence-corrected chi connectivity index (χ4v) is 3.60. The number of nitrogens with zero attached hydrogens (tertiary/aromatic N) is 1. The van der Waals surface area contributed by atoms with Gasteiger partial charge >= 0.3 is 0 Å². The summed E-state index contributed by atoms with van der Waals surface area (Å²) in [5, 5.41) is 5.27. The number of carbonyl (C=O) groups excluding carboxylic acids is 1. The number of carbonyl (C=O) groups is 1. The number of amides is 1. The van der Waals surface area contributed by atoms with Gasteiger partial charge in [0.25, 0.3) is 5.91 Å². The van der Waals surface area contributed by atoms with Crippen LogP contribution in [-0.2, 0) is 12.8 Å². The van der Waals surface area contributed by atoms with Gasteiger partial charge in [-0.25, -0.2) is 4.98 Å². The maximum Gasteiger partial charge on any atom is 0.270 e. The molecule has 0 radical (unpaired) electrons. The number of aromatic nitrogens is 2. The lowest BCUT2D eigenvalue weighted by atomic mass is 10.1. The van der Waals surface area contributed by atoms with Crippen LogP contribution in [0.4, 0.5) is 0 Å². The lowest BCUT2D eigenvalue weighted by Gasteiger charge is -2.08. The molecule has 4 heteroatoms. The van der Waals surface area contributed by atoms with Gasteiger partial charge in [0.2, 0.25) is 0 Å². The average Bonchev–Trinajstić information content (AvgIpc) is 3.44. The summed E-state index contributed by atoms with van der Waals surface area (Å²) < 4.78 is 0. The molecule has 5 rings (SSSR count). The molecule has 134 valence electrons. The van der Waals surface area contributed by atoms with Gasteiger partial charge in [0.15, 0.2) is 0 Å². The molecule has 1 aliphatic rings. The number of fused-ring (bicyclic) bond motifs is 3. The summed E-state index contributed by atoms with van der Waals surface area (Å²) in [5.41, 5.74) is 4.86. The van der Waals surface area contributed by atoms with Crippen LogP contribution >= 0.6 is 0 Å². The summed E-state index contributed by atoms with van der Waals surface area (Å²) in [6.07, 6.45) is 3.83. The van der Waals surface area contributed by atoms with Gasteiger partial charge in [-0.15, -0.1) is 0 Å². The van der Waals surface area contributed by atoms with Crippen LogP contribution < -0.4 is 5.32 Å². The zero-order chi connectivity index (χ0) is 18.2. The zero-order valence-corrected chi connectivity index (χ0v) is 15.0. The van der Waals surface area contributed by atoms with E-state index in [0.717, 1.165) is 53.2 Å². The highest BCUT2D eigenvalue weighted by atomic mass is 16.2. The van der Waals surface area contributed by atoms with E-state index in [4.69, 9.17) is 4.98 Å². The summed E-state index contributed by atoms with van der Waals surface area (Å²) in [6.45, 7) is 0. The van der Waals surface area contributed by atoms with Crippen LogP contribution in [0.2, 0.25) is 0 Å². The fraction of sp³-hybridized carbons (Fsp3) is 0.217. The van der Waals surface area contributed by atoms with E-state index in [1.54, 1.807) is 0 Å². The minimum Gasteiger partial charge on any atom is -0.353 e. The standard InChI is InChI=1S/C23H21N3O/c27-23(24-16-11-12-16)21-14-18-17-8-4-5-9-19(17)26-22(18)20(25-21)13-10-15-6-2-1-3-7-15/h1-9,14,16,26H,10-13H2,(H,24,27). The van der Waals surface area contributed by atoms with Crippen molar-refractivity contribution in [2.75, 3.05) is 0 Å².